The molecule has 94 valence electrons. The van der Waals surface area contributed by atoms with Gasteiger partial charge >= 0.3 is 0 Å². The summed E-state index contributed by atoms with van der Waals surface area (Å²) in [4.78, 5) is 4.01. The van der Waals surface area contributed by atoms with Crippen LogP contribution in [0.2, 0.25) is 5.02 Å². The van der Waals surface area contributed by atoms with Gasteiger partial charge in [-0.3, -0.25) is 4.98 Å². The van der Waals surface area contributed by atoms with Crippen LogP contribution in [0.25, 0.3) is 0 Å². The number of hydrogen-bond donors (Lipinski definition) is 0. The molecule has 0 spiro atoms. The maximum atomic E-state index is 6.53. The predicted octanol–water partition coefficient (Wildman–Crippen LogP) is 5.58. The van der Waals surface area contributed by atoms with Gasteiger partial charge < -0.3 is 0 Å². The Hall–Kier alpha value is -0.570. The van der Waals surface area contributed by atoms with E-state index in [-0.39, 0.29) is 11.3 Å². The largest absolute Gasteiger partial charge is 0.265 e. The van der Waals surface area contributed by atoms with Crippen LogP contribution >= 0.6 is 39.1 Å². The van der Waals surface area contributed by atoms with Crippen molar-refractivity contribution < 1.29 is 0 Å². The molecule has 1 aromatic heterocycles. The Bertz CT molecular complexity index is 531. The molecule has 0 radical (unpaired) electrons. The molecule has 0 aliphatic heterocycles. The van der Waals surface area contributed by atoms with Gasteiger partial charge in [0.15, 0.2) is 0 Å². The highest BCUT2D eigenvalue weighted by Crippen LogP contribution is 2.39. The molecule has 0 bridgehead atoms. The van der Waals surface area contributed by atoms with Gasteiger partial charge in [0.05, 0.1) is 5.38 Å². The van der Waals surface area contributed by atoms with E-state index in [1.807, 2.05) is 30.3 Å². The maximum absolute atomic E-state index is 6.53. The van der Waals surface area contributed by atoms with Crippen LogP contribution in [0, 0.1) is 0 Å². The van der Waals surface area contributed by atoms with Gasteiger partial charge in [0.1, 0.15) is 0 Å². The molecule has 1 nitrogen and oxygen atoms in total. The predicted molar refractivity (Wildman–Crippen MR) is 80.4 cm³/mol. The molecular weight excluding hydrogens is 333 g/mol. The van der Waals surface area contributed by atoms with E-state index >= 15 is 0 Å². The molecule has 2 rings (SSSR count). The number of alkyl halides is 1. The molecule has 0 aliphatic carbocycles. The van der Waals surface area contributed by atoms with Gasteiger partial charge in [-0.25, -0.2) is 0 Å². The monoisotopic (exact) mass is 343 g/mol. The van der Waals surface area contributed by atoms with Crippen molar-refractivity contribution in [1.29, 1.82) is 0 Å². The van der Waals surface area contributed by atoms with Crippen LogP contribution in [0.1, 0.15) is 29.3 Å². The third-order valence-corrected chi connectivity index (χ3v) is 4.36. The number of rotatable bonds is 3. The van der Waals surface area contributed by atoms with Crippen LogP contribution in [0.4, 0.5) is 0 Å². The molecule has 4 heteroatoms. The number of nitrogens with zero attached hydrogens (tertiary/aromatic N) is 1. The lowest BCUT2D eigenvalue weighted by atomic mass is 9.94. The summed E-state index contributed by atoms with van der Waals surface area (Å²) >= 11 is 16.1. The molecule has 18 heavy (non-hydrogen) atoms. The highest BCUT2D eigenvalue weighted by Gasteiger charge is 2.20. The maximum Gasteiger partial charge on any atom is 0.0665 e. The molecule has 0 amide bonds. The minimum absolute atomic E-state index is 0.159. The molecule has 1 aromatic carbocycles. The molecular formula is C14H12BrCl2N. The summed E-state index contributed by atoms with van der Waals surface area (Å²) in [6, 6.07) is 9.74. The van der Waals surface area contributed by atoms with Crippen molar-refractivity contribution in [1.82, 2.24) is 4.98 Å². The lowest BCUT2D eigenvalue weighted by Gasteiger charge is -2.19. The molecule has 2 atom stereocenters. The topological polar surface area (TPSA) is 12.9 Å². The number of hydrogen-bond acceptors (Lipinski definition) is 1. The average molecular weight is 345 g/mol. The van der Waals surface area contributed by atoms with E-state index in [0.717, 1.165) is 15.6 Å². The van der Waals surface area contributed by atoms with Crippen molar-refractivity contribution in [2.75, 3.05) is 0 Å². The van der Waals surface area contributed by atoms with Crippen LogP contribution in [0.5, 0.6) is 0 Å². The van der Waals surface area contributed by atoms with Gasteiger partial charge in [0.25, 0.3) is 0 Å². The summed E-state index contributed by atoms with van der Waals surface area (Å²) in [5.41, 5.74) is 2.11. The zero-order valence-electron chi connectivity index (χ0n) is 9.78. The van der Waals surface area contributed by atoms with Crippen molar-refractivity contribution >= 4 is 39.1 Å². The Morgan fingerprint density at radius 3 is 2.44 bits per heavy atom. The quantitative estimate of drug-likeness (QED) is 0.662. The van der Waals surface area contributed by atoms with E-state index in [9.17, 15) is 0 Å². The van der Waals surface area contributed by atoms with Gasteiger partial charge in [0.2, 0.25) is 0 Å². The van der Waals surface area contributed by atoms with E-state index < -0.39 is 0 Å². The van der Waals surface area contributed by atoms with Gasteiger partial charge in [-0.2, -0.15) is 0 Å². The number of benzene rings is 1. The number of aromatic nitrogens is 1. The smallest absolute Gasteiger partial charge is 0.0665 e. The van der Waals surface area contributed by atoms with Gasteiger partial charge in [-0.15, -0.1) is 11.6 Å². The van der Waals surface area contributed by atoms with Crippen LogP contribution in [0.3, 0.4) is 0 Å². The summed E-state index contributed by atoms with van der Waals surface area (Å²) in [6.45, 7) is 2.09. The summed E-state index contributed by atoms with van der Waals surface area (Å²) < 4.78 is 0.955. The fraction of sp³-hybridized carbons (Fsp3) is 0.214. The highest BCUT2D eigenvalue weighted by atomic mass is 79.9. The second kappa shape index (κ2) is 6.05. The van der Waals surface area contributed by atoms with Gasteiger partial charge in [-0.05, 0) is 35.4 Å². The molecule has 0 saturated carbocycles. The van der Waals surface area contributed by atoms with E-state index in [1.165, 1.54) is 0 Å². The number of halogens is 3. The molecule has 0 N–H and O–H groups in total. The second-order valence-electron chi connectivity index (χ2n) is 4.14. The van der Waals surface area contributed by atoms with Gasteiger partial charge in [-0.1, -0.05) is 40.5 Å². The molecule has 2 unspecified atom stereocenters. The third kappa shape index (κ3) is 3.05. The first-order valence-electron chi connectivity index (χ1n) is 5.58. The average Bonchev–Trinajstić information content (AvgIpc) is 2.38. The van der Waals surface area contributed by atoms with Crippen molar-refractivity contribution in [2.24, 2.45) is 0 Å². The highest BCUT2D eigenvalue weighted by molar-refractivity contribution is 9.10. The van der Waals surface area contributed by atoms with E-state index in [0.29, 0.717) is 5.02 Å². The minimum atomic E-state index is -0.159. The van der Waals surface area contributed by atoms with Crippen LogP contribution in [-0.2, 0) is 0 Å². The van der Waals surface area contributed by atoms with E-state index in [2.05, 4.69) is 27.8 Å². The second-order valence-corrected chi connectivity index (χ2v) is 5.93. The lowest BCUT2D eigenvalue weighted by Crippen LogP contribution is -2.03. The third-order valence-electron chi connectivity index (χ3n) is 2.93. The Labute approximate surface area is 125 Å². The molecule has 0 fully saturated rings. The van der Waals surface area contributed by atoms with Crippen molar-refractivity contribution in [3.63, 3.8) is 0 Å². The first-order valence-corrected chi connectivity index (χ1v) is 7.19. The Kier molecular flexibility index (Phi) is 4.66. The van der Waals surface area contributed by atoms with E-state index in [4.69, 9.17) is 23.2 Å². The van der Waals surface area contributed by atoms with Crippen LogP contribution in [-0.4, -0.2) is 4.98 Å². The summed E-state index contributed by atoms with van der Waals surface area (Å²) in [6.07, 6.45) is 3.55. The first kappa shape index (κ1) is 13.9. The Balaban J connectivity index is 2.28. The summed E-state index contributed by atoms with van der Waals surface area (Å²) in [5, 5.41) is 0.526. The Morgan fingerprint density at radius 1 is 1.17 bits per heavy atom. The van der Waals surface area contributed by atoms with Crippen molar-refractivity contribution in [2.45, 2.75) is 18.2 Å². The number of pyridine rings is 1. The van der Waals surface area contributed by atoms with Crippen molar-refractivity contribution in [3.05, 3.63) is 63.3 Å². The molecule has 1 heterocycles. The van der Waals surface area contributed by atoms with Crippen LogP contribution in [0.15, 0.2) is 47.2 Å². The molecule has 0 saturated heterocycles. The SMILES string of the molecule is CC(c1ccncc1)C(Cl)c1ccc(Br)cc1Cl. The Morgan fingerprint density at radius 2 is 1.83 bits per heavy atom. The zero-order valence-corrected chi connectivity index (χ0v) is 12.9. The fourth-order valence-electron chi connectivity index (χ4n) is 1.83. The lowest BCUT2D eigenvalue weighted by molar-refractivity contribution is 0.730. The first-order chi connectivity index (χ1) is 8.59. The van der Waals surface area contributed by atoms with Crippen molar-refractivity contribution in [3.8, 4) is 0 Å². The summed E-state index contributed by atoms with van der Waals surface area (Å²) in [5.74, 6) is 0.174. The zero-order chi connectivity index (χ0) is 13.1. The van der Waals surface area contributed by atoms with E-state index in [1.54, 1.807) is 12.4 Å². The summed E-state index contributed by atoms with van der Waals surface area (Å²) in [7, 11) is 0. The standard InChI is InChI=1S/C14H12BrCl2N/c1-9(10-4-6-18-7-5-10)14(17)12-3-2-11(15)8-13(12)16/h2-9,14H,1H3. The molecule has 0 aliphatic rings. The minimum Gasteiger partial charge on any atom is -0.265 e. The van der Waals surface area contributed by atoms with Gasteiger partial charge in [0, 0.05) is 27.8 Å². The molecule has 2 aromatic rings. The normalized spacial score (nSPS) is 14.2. The fourth-order valence-corrected chi connectivity index (χ4v) is 3.01. The van der Waals surface area contributed by atoms with Crippen LogP contribution < -0.4 is 0 Å².